The zero-order chi connectivity index (χ0) is 19.4. The van der Waals surface area contributed by atoms with Crippen LogP contribution in [0, 0.1) is 0 Å². The molecule has 0 amide bonds. The molecule has 1 unspecified atom stereocenters. The van der Waals surface area contributed by atoms with Gasteiger partial charge in [-0.2, -0.15) is 0 Å². The molecular weight excluding hydrogens is 350 g/mol. The van der Waals surface area contributed by atoms with Crippen LogP contribution in [0.1, 0.15) is 45.2 Å². The molecule has 0 radical (unpaired) electrons. The molecule has 3 rings (SSSR count). The van der Waals surface area contributed by atoms with Gasteiger partial charge in [-0.3, -0.25) is 4.79 Å². The Morgan fingerprint density at radius 1 is 1.30 bits per heavy atom. The van der Waals surface area contributed by atoms with E-state index < -0.39 is 12.1 Å². The minimum atomic E-state index is -0.698. The van der Waals surface area contributed by atoms with E-state index in [2.05, 4.69) is 0 Å². The van der Waals surface area contributed by atoms with Crippen molar-refractivity contribution in [3.8, 4) is 17.2 Å². The van der Waals surface area contributed by atoms with Crippen LogP contribution in [0.2, 0.25) is 0 Å². The van der Waals surface area contributed by atoms with Gasteiger partial charge in [0.25, 0.3) is 0 Å². The molecule has 0 saturated heterocycles. The number of phenols is 1. The fourth-order valence-corrected chi connectivity index (χ4v) is 2.96. The second-order valence-electron chi connectivity index (χ2n) is 6.15. The summed E-state index contributed by atoms with van der Waals surface area (Å²) in [5, 5.41) is 9.87. The molecular formula is C20H21NO6. The third kappa shape index (κ3) is 4.03. The standard InChI is InChI=1S/C20H21NO6/c1-25-20(24)15-9-13(22)10-18-19(15)16(23)11-17(27-18)12-3-5-14(6-4-12)26-8-2-7-21/h3-6,9-10,17,22H,2,7-8,11,21H2,1H3. The lowest BCUT2D eigenvalue weighted by molar-refractivity contribution is 0.0590. The van der Waals surface area contributed by atoms with Gasteiger partial charge in [-0.25, -0.2) is 4.79 Å². The minimum absolute atomic E-state index is 0.000369. The molecule has 2 aromatic carbocycles. The summed E-state index contributed by atoms with van der Waals surface area (Å²) >= 11 is 0. The molecule has 7 nitrogen and oxygen atoms in total. The molecule has 1 atom stereocenters. The lowest BCUT2D eigenvalue weighted by Crippen LogP contribution is -2.23. The van der Waals surface area contributed by atoms with Crippen molar-refractivity contribution in [1.82, 2.24) is 0 Å². The van der Waals surface area contributed by atoms with E-state index in [-0.39, 0.29) is 34.8 Å². The van der Waals surface area contributed by atoms with Crippen LogP contribution in [-0.2, 0) is 4.74 Å². The van der Waals surface area contributed by atoms with Crippen molar-refractivity contribution in [2.24, 2.45) is 5.73 Å². The Kier molecular flexibility index (Phi) is 5.61. The Morgan fingerprint density at radius 2 is 2.04 bits per heavy atom. The van der Waals surface area contributed by atoms with E-state index in [4.69, 9.17) is 19.9 Å². The van der Waals surface area contributed by atoms with E-state index in [1.807, 2.05) is 12.1 Å². The van der Waals surface area contributed by atoms with Gasteiger partial charge < -0.3 is 25.1 Å². The first-order valence-electron chi connectivity index (χ1n) is 8.61. The summed E-state index contributed by atoms with van der Waals surface area (Å²) < 4.78 is 16.2. The lowest BCUT2D eigenvalue weighted by Gasteiger charge is -2.27. The number of phenolic OH excluding ortho intramolecular Hbond substituents is 1. The maximum absolute atomic E-state index is 12.7. The van der Waals surface area contributed by atoms with Crippen LogP contribution in [-0.4, -0.2) is 37.1 Å². The van der Waals surface area contributed by atoms with Crippen molar-refractivity contribution in [2.75, 3.05) is 20.3 Å². The second kappa shape index (κ2) is 8.09. The van der Waals surface area contributed by atoms with Crippen LogP contribution in [0.25, 0.3) is 0 Å². The number of carbonyl (C=O) groups excluding carboxylic acids is 2. The Hall–Kier alpha value is -3.06. The fraction of sp³-hybridized carbons (Fsp3) is 0.300. The number of ether oxygens (including phenoxy) is 3. The summed E-state index contributed by atoms with van der Waals surface area (Å²) in [7, 11) is 1.22. The maximum Gasteiger partial charge on any atom is 0.338 e. The first-order valence-corrected chi connectivity index (χ1v) is 8.61. The number of aromatic hydroxyl groups is 1. The van der Waals surface area contributed by atoms with E-state index in [9.17, 15) is 14.7 Å². The zero-order valence-electron chi connectivity index (χ0n) is 14.9. The number of benzene rings is 2. The number of hydrogen-bond acceptors (Lipinski definition) is 7. The number of nitrogens with two attached hydrogens (primary N) is 1. The third-order valence-corrected chi connectivity index (χ3v) is 4.28. The Morgan fingerprint density at radius 3 is 2.70 bits per heavy atom. The van der Waals surface area contributed by atoms with Crippen LogP contribution in [0.3, 0.4) is 0 Å². The summed E-state index contributed by atoms with van der Waals surface area (Å²) in [6, 6.07) is 9.79. The summed E-state index contributed by atoms with van der Waals surface area (Å²) in [6.07, 6.45) is 0.329. The first kappa shape index (κ1) is 18.7. The molecule has 0 saturated carbocycles. The van der Waals surface area contributed by atoms with Crippen LogP contribution >= 0.6 is 0 Å². The van der Waals surface area contributed by atoms with Crippen LogP contribution in [0.4, 0.5) is 0 Å². The van der Waals surface area contributed by atoms with E-state index >= 15 is 0 Å². The molecule has 142 valence electrons. The smallest absolute Gasteiger partial charge is 0.338 e. The molecule has 0 aromatic heterocycles. The van der Waals surface area contributed by atoms with Crippen LogP contribution in [0.5, 0.6) is 17.2 Å². The van der Waals surface area contributed by atoms with Gasteiger partial charge >= 0.3 is 5.97 Å². The van der Waals surface area contributed by atoms with Gasteiger partial charge in [0.1, 0.15) is 23.4 Å². The maximum atomic E-state index is 12.7. The van der Waals surface area contributed by atoms with Gasteiger partial charge in [0.2, 0.25) is 0 Å². The molecule has 1 aliphatic heterocycles. The first-order chi connectivity index (χ1) is 13.0. The summed E-state index contributed by atoms with van der Waals surface area (Å²) in [5.74, 6) is -0.243. The van der Waals surface area contributed by atoms with Gasteiger partial charge in [-0.05, 0) is 36.7 Å². The zero-order valence-corrected chi connectivity index (χ0v) is 14.9. The van der Waals surface area contributed by atoms with Gasteiger partial charge in [0.15, 0.2) is 5.78 Å². The molecule has 7 heteroatoms. The van der Waals surface area contributed by atoms with Gasteiger partial charge in [-0.15, -0.1) is 0 Å². The summed E-state index contributed by atoms with van der Waals surface area (Å²) in [4.78, 5) is 24.6. The molecule has 0 spiro atoms. The number of rotatable bonds is 6. The van der Waals surface area contributed by atoms with Crippen molar-refractivity contribution >= 4 is 11.8 Å². The molecule has 1 heterocycles. The molecule has 1 aliphatic rings. The third-order valence-electron chi connectivity index (χ3n) is 4.28. The van der Waals surface area contributed by atoms with Crippen LogP contribution < -0.4 is 15.2 Å². The average molecular weight is 371 g/mol. The van der Waals surface area contributed by atoms with E-state index in [1.54, 1.807) is 12.1 Å². The number of carbonyl (C=O) groups is 2. The topological polar surface area (TPSA) is 108 Å². The van der Waals surface area contributed by atoms with Crippen molar-refractivity contribution in [1.29, 1.82) is 0 Å². The van der Waals surface area contributed by atoms with E-state index in [0.29, 0.717) is 18.9 Å². The van der Waals surface area contributed by atoms with Crippen molar-refractivity contribution in [2.45, 2.75) is 18.9 Å². The molecule has 2 aromatic rings. The molecule has 27 heavy (non-hydrogen) atoms. The highest BCUT2D eigenvalue weighted by Crippen LogP contribution is 2.39. The molecule has 0 aliphatic carbocycles. The number of methoxy groups -OCH3 is 1. The van der Waals surface area contributed by atoms with Gasteiger partial charge in [0.05, 0.1) is 31.3 Å². The van der Waals surface area contributed by atoms with Crippen molar-refractivity contribution in [3.63, 3.8) is 0 Å². The number of fused-ring (bicyclic) bond motifs is 1. The minimum Gasteiger partial charge on any atom is -0.508 e. The average Bonchev–Trinajstić information content (AvgIpc) is 2.67. The Balaban J connectivity index is 1.83. The highest BCUT2D eigenvalue weighted by Gasteiger charge is 2.32. The number of hydrogen-bond donors (Lipinski definition) is 2. The Labute approximate surface area is 156 Å². The highest BCUT2D eigenvalue weighted by molar-refractivity contribution is 6.09. The summed E-state index contributed by atoms with van der Waals surface area (Å²) in [6.45, 7) is 1.10. The quantitative estimate of drug-likeness (QED) is 0.593. The van der Waals surface area contributed by atoms with E-state index in [1.165, 1.54) is 19.2 Å². The normalized spacial score (nSPS) is 15.6. The van der Waals surface area contributed by atoms with Crippen LogP contribution in [0.15, 0.2) is 36.4 Å². The fourth-order valence-electron chi connectivity index (χ4n) is 2.96. The van der Waals surface area contributed by atoms with Crippen molar-refractivity contribution < 1.29 is 28.9 Å². The highest BCUT2D eigenvalue weighted by atomic mass is 16.5. The molecule has 0 bridgehead atoms. The monoisotopic (exact) mass is 371 g/mol. The van der Waals surface area contributed by atoms with E-state index in [0.717, 1.165) is 12.0 Å². The predicted octanol–water partition coefficient (Wildman–Crippen LogP) is 2.61. The number of ketones is 1. The lowest BCUT2D eigenvalue weighted by atomic mass is 9.92. The summed E-state index contributed by atoms with van der Waals surface area (Å²) in [5.41, 5.74) is 6.37. The molecule has 3 N–H and O–H groups in total. The number of esters is 1. The van der Waals surface area contributed by atoms with Gasteiger partial charge in [0, 0.05) is 6.07 Å². The number of Topliss-reactive ketones (excluding diaryl/α,β-unsaturated/α-hetero) is 1. The molecule has 0 fully saturated rings. The predicted molar refractivity (Wildman–Crippen MR) is 97.4 cm³/mol. The van der Waals surface area contributed by atoms with Crippen molar-refractivity contribution in [3.05, 3.63) is 53.1 Å². The Bertz CT molecular complexity index is 846. The SMILES string of the molecule is COC(=O)c1cc(O)cc2c1C(=O)CC(c1ccc(OCCCN)cc1)O2. The largest absolute Gasteiger partial charge is 0.508 e. The van der Waals surface area contributed by atoms with Gasteiger partial charge in [-0.1, -0.05) is 12.1 Å². The second-order valence-corrected chi connectivity index (χ2v) is 6.15.